The second-order valence-electron chi connectivity index (χ2n) is 5.01. The third-order valence-corrected chi connectivity index (χ3v) is 3.74. The number of hydrogen-bond acceptors (Lipinski definition) is 2. The number of carbonyl (C=O) groups is 2. The number of benzene rings is 1. The molecule has 2 amide bonds. The maximum atomic E-state index is 11.8. The average Bonchev–Trinajstić information content (AvgIpc) is 2.44. The summed E-state index contributed by atoms with van der Waals surface area (Å²) < 4.78 is 1.000. The van der Waals surface area contributed by atoms with Crippen LogP contribution >= 0.6 is 15.9 Å². The number of halogens is 1. The van der Waals surface area contributed by atoms with Crippen LogP contribution < -0.4 is 5.32 Å². The van der Waals surface area contributed by atoms with Gasteiger partial charge in [0, 0.05) is 31.0 Å². The van der Waals surface area contributed by atoms with E-state index in [0.29, 0.717) is 19.5 Å². The van der Waals surface area contributed by atoms with Crippen LogP contribution in [0.4, 0.5) is 0 Å². The molecule has 0 unspecified atom stereocenters. The number of nitrogens with one attached hydrogen (secondary N) is 1. The van der Waals surface area contributed by atoms with E-state index in [9.17, 15) is 9.59 Å². The third-order valence-electron chi connectivity index (χ3n) is 3.21. The number of unbranched alkanes of at least 4 members (excludes halogenated alkanes) is 1. The van der Waals surface area contributed by atoms with Crippen LogP contribution in [0.15, 0.2) is 28.7 Å². The zero-order valence-corrected chi connectivity index (χ0v) is 14.3. The van der Waals surface area contributed by atoms with E-state index in [0.717, 1.165) is 29.4 Å². The first-order valence-electron chi connectivity index (χ1n) is 7.29. The van der Waals surface area contributed by atoms with Gasteiger partial charge in [-0.3, -0.25) is 9.59 Å². The van der Waals surface area contributed by atoms with Crippen molar-refractivity contribution in [3.05, 3.63) is 34.3 Å². The van der Waals surface area contributed by atoms with E-state index >= 15 is 0 Å². The molecule has 0 aliphatic heterocycles. The van der Waals surface area contributed by atoms with Crippen LogP contribution in [0.2, 0.25) is 0 Å². The summed E-state index contributed by atoms with van der Waals surface area (Å²) in [5.74, 6) is 0.0434. The van der Waals surface area contributed by atoms with Gasteiger partial charge in [0.2, 0.25) is 11.8 Å². The van der Waals surface area contributed by atoms with Gasteiger partial charge in [0.25, 0.3) is 0 Å². The van der Waals surface area contributed by atoms with Crippen molar-refractivity contribution in [3.63, 3.8) is 0 Å². The van der Waals surface area contributed by atoms with E-state index in [1.807, 2.05) is 24.3 Å². The average molecular weight is 355 g/mol. The van der Waals surface area contributed by atoms with E-state index < -0.39 is 0 Å². The largest absolute Gasteiger partial charge is 0.354 e. The summed E-state index contributed by atoms with van der Waals surface area (Å²) in [5.41, 5.74) is 0.977. The van der Waals surface area contributed by atoms with Gasteiger partial charge in [-0.1, -0.05) is 41.4 Å². The molecule has 1 aromatic rings. The third kappa shape index (κ3) is 7.27. The topological polar surface area (TPSA) is 49.4 Å². The molecule has 0 radical (unpaired) electrons. The van der Waals surface area contributed by atoms with E-state index in [4.69, 9.17) is 0 Å². The fourth-order valence-corrected chi connectivity index (χ4v) is 2.22. The van der Waals surface area contributed by atoms with Crippen molar-refractivity contribution in [2.75, 3.05) is 19.6 Å². The highest BCUT2D eigenvalue weighted by Crippen LogP contribution is 2.10. The minimum absolute atomic E-state index is 0.0173. The molecule has 4 nitrogen and oxygen atoms in total. The maximum absolute atomic E-state index is 11.8. The summed E-state index contributed by atoms with van der Waals surface area (Å²) in [5, 5.41) is 2.86. The first-order chi connectivity index (χ1) is 10.0. The van der Waals surface area contributed by atoms with Crippen molar-refractivity contribution in [3.8, 4) is 0 Å². The molecule has 0 saturated heterocycles. The summed E-state index contributed by atoms with van der Waals surface area (Å²) >= 11 is 3.37. The Morgan fingerprint density at radius 3 is 2.43 bits per heavy atom. The van der Waals surface area contributed by atoms with Crippen molar-refractivity contribution in [2.45, 2.75) is 33.1 Å². The summed E-state index contributed by atoms with van der Waals surface area (Å²) in [6.45, 7) is 5.49. The molecular weight excluding hydrogens is 332 g/mol. The lowest BCUT2D eigenvalue weighted by atomic mass is 10.1. The quantitative estimate of drug-likeness (QED) is 0.780. The molecular formula is C16H23BrN2O2. The number of nitrogens with zero attached hydrogens (tertiary/aromatic N) is 1. The Balaban J connectivity index is 2.31. The Labute approximate surface area is 135 Å². The van der Waals surface area contributed by atoms with Crippen LogP contribution in [0.1, 0.15) is 32.3 Å². The first-order valence-corrected chi connectivity index (χ1v) is 8.09. The van der Waals surface area contributed by atoms with E-state index in [1.54, 1.807) is 11.8 Å². The molecule has 0 heterocycles. The van der Waals surface area contributed by atoms with Crippen LogP contribution in [0.25, 0.3) is 0 Å². The minimum atomic E-state index is -0.0173. The van der Waals surface area contributed by atoms with Gasteiger partial charge in [-0.2, -0.15) is 0 Å². The van der Waals surface area contributed by atoms with Gasteiger partial charge in [-0.25, -0.2) is 0 Å². The minimum Gasteiger partial charge on any atom is -0.354 e. The Morgan fingerprint density at radius 2 is 1.86 bits per heavy atom. The molecule has 1 rings (SSSR count). The maximum Gasteiger partial charge on any atom is 0.224 e. The highest BCUT2D eigenvalue weighted by Gasteiger charge is 2.08. The van der Waals surface area contributed by atoms with Gasteiger partial charge in [-0.15, -0.1) is 0 Å². The van der Waals surface area contributed by atoms with E-state index in [-0.39, 0.29) is 11.8 Å². The predicted molar refractivity (Wildman–Crippen MR) is 88.0 cm³/mol. The molecule has 116 valence electrons. The second-order valence-corrected chi connectivity index (χ2v) is 5.93. The van der Waals surface area contributed by atoms with Gasteiger partial charge in [-0.05, 0) is 24.1 Å². The zero-order chi connectivity index (χ0) is 15.7. The van der Waals surface area contributed by atoms with Crippen molar-refractivity contribution in [1.29, 1.82) is 0 Å². The fourth-order valence-electron chi connectivity index (χ4n) is 1.96. The molecule has 0 saturated carbocycles. The van der Waals surface area contributed by atoms with Gasteiger partial charge in [0.15, 0.2) is 0 Å². The molecule has 0 atom stereocenters. The van der Waals surface area contributed by atoms with Crippen molar-refractivity contribution < 1.29 is 9.59 Å². The highest BCUT2D eigenvalue weighted by molar-refractivity contribution is 9.10. The number of rotatable bonds is 8. The molecule has 21 heavy (non-hydrogen) atoms. The number of carbonyl (C=O) groups excluding carboxylic acids is 2. The van der Waals surface area contributed by atoms with E-state index in [2.05, 4.69) is 28.2 Å². The van der Waals surface area contributed by atoms with Gasteiger partial charge in [0.1, 0.15) is 0 Å². The van der Waals surface area contributed by atoms with Gasteiger partial charge in [0.05, 0.1) is 6.42 Å². The molecule has 0 aliphatic carbocycles. The van der Waals surface area contributed by atoms with Crippen LogP contribution in [0, 0.1) is 0 Å². The number of amides is 2. The molecule has 0 spiro atoms. The molecule has 1 aromatic carbocycles. The lowest BCUT2D eigenvalue weighted by Crippen LogP contribution is -2.38. The highest BCUT2D eigenvalue weighted by atomic mass is 79.9. The summed E-state index contributed by atoms with van der Waals surface area (Å²) in [7, 11) is 0. The Bertz CT molecular complexity index is 460. The van der Waals surface area contributed by atoms with Crippen LogP contribution in [0.3, 0.4) is 0 Å². The summed E-state index contributed by atoms with van der Waals surface area (Å²) in [6.07, 6.45) is 2.41. The summed E-state index contributed by atoms with van der Waals surface area (Å²) in [6, 6.07) is 7.69. The summed E-state index contributed by atoms with van der Waals surface area (Å²) in [4.78, 5) is 25.1. The van der Waals surface area contributed by atoms with Crippen LogP contribution in [-0.2, 0) is 16.0 Å². The predicted octanol–water partition coefficient (Wildman–Crippen LogP) is 2.76. The standard InChI is InChI=1S/C16H23BrN2O2/c1-3-4-10-19(13(2)20)11-9-18-16(21)12-14-5-7-15(17)8-6-14/h5-8H,3-4,9-12H2,1-2H3,(H,18,21). The molecule has 1 N–H and O–H groups in total. The normalized spacial score (nSPS) is 10.2. The SMILES string of the molecule is CCCCN(CCNC(=O)Cc1ccc(Br)cc1)C(C)=O. The van der Waals surface area contributed by atoms with Crippen LogP contribution in [0.5, 0.6) is 0 Å². The molecule has 5 heteroatoms. The molecule has 0 aliphatic rings. The lowest BCUT2D eigenvalue weighted by molar-refractivity contribution is -0.129. The second kappa shape index (κ2) is 9.55. The van der Waals surface area contributed by atoms with Crippen LogP contribution in [-0.4, -0.2) is 36.3 Å². The van der Waals surface area contributed by atoms with Crippen molar-refractivity contribution in [2.24, 2.45) is 0 Å². The Morgan fingerprint density at radius 1 is 1.19 bits per heavy atom. The zero-order valence-electron chi connectivity index (χ0n) is 12.7. The molecule has 0 aromatic heterocycles. The smallest absolute Gasteiger partial charge is 0.224 e. The van der Waals surface area contributed by atoms with Gasteiger partial charge < -0.3 is 10.2 Å². The lowest BCUT2D eigenvalue weighted by Gasteiger charge is -2.20. The first kappa shape index (κ1) is 17.7. The van der Waals surface area contributed by atoms with Crippen molar-refractivity contribution >= 4 is 27.7 Å². The molecule has 0 fully saturated rings. The van der Waals surface area contributed by atoms with E-state index in [1.165, 1.54) is 0 Å². The monoisotopic (exact) mass is 354 g/mol. The molecule has 0 bridgehead atoms. The Kier molecular flexibility index (Phi) is 8.05. The fraction of sp³-hybridized carbons (Fsp3) is 0.500. The number of hydrogen-bond donors (Lipinski definition) is 1. The Hall–Kier alpha value is -1.36. The van der Waals surface area contributed by atoms with Gasteiger partial charge >= 0.3 is 0 Å². The van der Waals surface area contributed by atoms with Crippen molar-refractivity contribution in [1.82, 2.24) is 10.2 Å².